The van der Waals surface area contributed by atoms with Gasteiger partial charge in [-0.3, -0.25) is 9.47 Å². The Hall–Kier alpha value is -1.68. The number of benzene rings is 1. The molecule has 7 nitrogen and oxygen atoms in total. The Kier molecular flexibility index (Phi) is 6.28. The zero-order valence-corrected chi connectivity index (χ0v) is 13.8. The molecule has 0 bridgehead atoms. The molecule has 0 amide bonds. The van der Waals surface area contributed by atoms with Gasteiger partial charge in [-0.05, 0) is 13.1 Å². The van der Waals surface area contributed by atoms with Crippen LogP contribution in [0.15, 0.2) is 17.1 Å². The van der Waals surface area contributed by atoms with Crippen LogP contribution in [0.3, 0.4) is 0 Å². The summed E-state index contributed by atoms with van der Waals surface area (Å²) in [5.74, 6) is -3.22. The number of nitrogens with zero attached hydrogens (tertiary/aromatic N) is 3. The van der Waals surface area contributed by atoms with Crippen molar-refractivity contribution >= 4 is 52.1 Å². The SMILES string of the molecule is CNn1cc(C(=O)O)c(=O)c2cc(F)c(N3CCN(C)CC3)c(F)c21.[NaH]. The second-order valence-electron chi connectivity index (χ2n) is 5.98. The van der Waals surface area contributed by atoms with Gasteiger partial charge in [0.05, 0.1) is 5.39 Å². The predicted molar refractivity (Wildman–Crippen MR) is 97.2 cm³/mol. The summed E-state index contributed by atoms with van der Waals surface area (Å²) < 4.78 is 30.8. The first-order valence-corrected chi connectivity index (χ1v) is 7.77. The number of likely N-dealkylation sites (N-methyl/N-ethyl adjacent to an activating group) is 1. The van der Waals surface area contributed by atoms with Crippen LogP contribution in [0, 0.1) is 11.6 Å². The van der Waals surface area contributed by atoms with Crippen LogP contribution >= 0.6 is 0 Å². The van der Waals surface area contributed by atoms with Crippen LogP contribution in [0.4, 0.5) is 14.5 Å². The summed E-state index contributed by atoms with van der Waals surface area (Å²) in [6, 6.07) is 0.911. The Balaban J connectivity index is 0.00000243. The number of aromatic carboxylic acids is 1. The fraction of sp³-hybridized carbons (Fsp3) is 0.375. The molecule has 2 aromatic rings. The van der Waals surface area contributed by atoms with E-state index in [1.807, 2.05) is 7.05 Å². The quantitative estimate of drug-likeness (QED) is 0.749. The number of hydrogen-bond donors (Lipinski definition) is 2. The summed E-state index contributed by atoms with van der Waals surface area (Å²) in [7, 11) is 3.38. The van der Waals surface area contributed by atoms with E-state index in [1.54, 1.807) is 4.90 Å². The van der Waals surface area contributed by atoms with Crippen LogP contribution in [0.1, 0.15) is 10.4 Å². The maximum atomic E-state index is 15.1. The summed E-state index contributed by atoms with van der Waals surface area (Å²) in [5.41, 5.74) is 0.758. The van der Waals surface area contributed by atoms with E-state index in [1.165, 1.54) is 7.05 Å². The standard InChI is InChI=1S/C16H18F2N4O3.Na.H/c1-19-22-8-10(16(24)25)15(23)9-7-11(17)14(12(18)13(9)22)21-5-3-20(2)4-6-21;;/h7-8,19H,3-6H2,1-2H3,(H,24,25);;. The number of aromatic nitrogens is 1. The molecule has 26 heavy (non-hydrogen) atoms. The molecular formula is C16H19F2N4NaO3. The molecule has 136 valence electrons. The van der Waals surface area contributed by atoms with Gasteiger partial charge in [0, 0.05) is 39.4 Å². The number of rotatable bonds is 3. The van der Waals surface area contributed by atoms with Crippen LogP contribution in [0.2, 0.25) is 0 Å². The van der Waals surface area contributed by atoms with Gasteiger partial charge >= 0.3 is 35.5 Å². The molecule has 1 aromatic heterocycles. The van der Waals surface area contributed by atoms with Gasteiger partial charge in [0.15, 0.2) is 5.82 Å². The van der Waals surface area contributed by atoms with Gasteiger partial charge in [-0.15, -0.1) is 0 Å². The molecule has 0 atom stereocenters. The molecular weight excluding hydrogens is 357 g/mol. The van der Waals surface area contributed by atoms with Crippen molar-refractivity contribution in [3.05, 3.63) is 39.7 Å². The Bertz CT molecular complexity index is 911. The zero-order valence-electron chi connectivity index (χ0n) is 13.8. The molecule has 3 rings (SSSR count). The number of carboxylic acids is 1. The number of nitrogens with one attached hydrogen (secondary N) is 1. The Morgan fingerprint density at radius 1 is 1.23 bits per heavy atom. The number of carboxylic acid groups (broad SMARTS) is 1. The number of carbonyl (C=O) groups is 1. The van der Waals surface area contributed by atoms with E-state index >= 15 is 4.39 Å². The van der Waals surface area contributed by atoms with Crippen molar-refractivity contribution in [3.8, 4) is 0 Å². The van der Waals surface area contributed by atoms with Gasteiger partial charge in [0.25, 0.3) is 0 Å². The molecule has 0 saturated carbocycles. The first-order valence-electron chi connectivity index (χ1n) is 7.77. The number of fused-ring (bicyclic) bond motifs is 1. The number of piperazine rings is 1. The van der Waals surface area contributed by atoms with Crippen molar-refractivity contribution in [3.63, 3.8) is 0 Å². The number of halogens is 2. The Morgan fingerprint density at radius 2 is 1.85 bits per heavy atom. The Morgan fingerprint density at radius 3 is 2.38 bits per heavy atom. The third-order valence-corrected chi connectivity index (χ3v) is 4.45. The zero-order chi connectivity index (χ0) is 18.3. The van der Waals surface area contributed by atoms with E-state index in [0.29, 0.717) is 26.2 Å². The molecule has 1 saturated heterocycles. The van der Waals surface area contributed by atoms with Crippen molar-refractivity contribution in [2.75, 3.05) is 50.6 Å². The van der Waals surface area contributed by atoms with Gasteiger partial charge in [-0.25, -0.2) is 13.6 Å². The summed E-state index contributed by atoms with van der Waals surface area (Å²) >= 11 is 0. The summed E-state index contributed by atoms with van der Waals surface area (Å²) in [6.07, 6.45) is 1.00. The molecule has 0 radical (unpaired) electrons. The second kappa shape index (κ2) is 7.91. The topological polar surface area (TPSA) is 77.8 Å². The van der Waals surface area contributed by atoms with Gasteiger partial charge < -0.3 is 20.3 Å². The number of anilines is 1. The predicted octanol–water partition coefficient (Wildman–Crippen LogP) is 0.255. The second-order valence-corrected chi connectivity index (χ2v) is 5.98. The molecule has 1 aromatic carbocycles. The first-order chi connectivity index (χ1) is 11.8. The van der Waals surface area contributed by atoms with Crippen molar-refractivity contribution in [1.82, 2.24) is 9.58 Å². The van der Waals surface area contributed by atoms with E-state index in [2.05, 4.69) is 10.3 Å². The van der Waals surface area contributed by atoms with E-state index < -0.39 is 28.6 Å². The van der Waals surface area contributed by atoms with Gasteiger partial charge in [-0.1, -0.05) is 0 Å². The van der Waals surface area contributed by atoms with Crippen LogP contribution in [-0.2, 0) is 0 Å². The minimum atomic E-state index is -1.46. The van der Waals surface area contributed by atoms with Crippen LogP contribution in [0.25, 0.3) is 10.9 Å². The normalized spacial score (nSPS) is 15.0. The average molecular weight is 376 g/mol. The van der Waals surface area contributed by atoms with E-state index in [-0.39, 0.29) is 46.1 Å². The number of hydrogen-bond acceptors (Lipinski definition) is 5. The monoisotopic (exact) mass is 376 g/mol. The van der Waals surface area contributed by atoms with Crippen LogP contribution in [-0.4, -0.2) is 90.5 Å². The third kappa shape index (κ3) is 3.44. The van der Waals surface area contributed by atoms with E-state index in [4.69, 9.17) is 5.11 Å². The van der Waals surface area contributed by atoms with Crippen molar-refractivity contribution in [2.45, 2.75) is 0 Å². The molecule has 1 fully saturated rings. The summed E-state index contributed by atoms with van der Waals surface area (Å²) in [5, 5.41) is 8.81. The van der Waals surface area contributed by atoms with Crippen molar-refractivity contribution in [2.24, 2.45) is 0 Å². The minimum absolute atomic E-state index is 0. The maximum absolute atomic E-state index is 15.1. The van der Waals surface area contributed by atoms with E-state index in [9.17, 15) is 14.0 Å². The van der Waals surface area contributed by atoms with Gasteiger partial charge in [-0.2, -0.15) is 0 Å². The fourth-order valence-electron chi connectivity index (χ4n) is 3.05. The van der Waals surface area contributed by atoms with Crippen molar-refractivity contribution in [1.29, 1.82) is 0 Å². The summed E-state index contributed by atoms with van der Waals surface area (Å²) in [4.78, 5) is 27.2. The van der Waals surface area contributed by atoms with E-state index in [0.717, 1.165) is 16.9 Å². The third-order valence-electron chi connectivity index (χ3n) is 4.45. The molecule has 0 unspecified atom stereocenters. The van der Waals surface area contributed by atoms with Crippen molar-refractivity contribution < 1.29 is 18.7 Å². The molecule has 1 aliphatic heterocycles. The molecule has 10 heteroatoms. The summed E-state index contributed by atoms with van der Waals surface area (Å²) in [6.45, 7) is 2.22. The molecule has 1 aliphatic rings. The average Bonchev–Trinajstić information content (AvgIpc) is 2.57. The molecule has 0 spiro atoms. The molecule has 0 aliphatic carbocycles. The number of pyridine rings is 1. The molecule has 2 N–H and O–H groups in total. The first kappa shape index (κ1) is 20.6. The van der Waals surface area contributed by atoms with Gasteiger partial charge in [0.1, 0.15) is 22.6 Å². The molecule has 2 heterocycles. The van der Waals surface area contributed by atoms with Crippen LogP contribution < -0.4 is 15.8 Å². The van der Waals surface area contributed by atoms with Gasteiger partial charge in [0.2, 0.25) is 5.43 Å². The van der Waals surface area contributed by atoms with Crippen LogP contribution in [0.5, 0.6) is 0 Å². The fourth-order valence-corrected chi connectivity index (χ4v) is 3.05. The Labute approximate surface area is 170 Å².